The van der Waals surface area contributed by atoms with Gasteiger partial charge in [-0.25, -0.2) is 0 Å². The molecule has 0 amide bonds. The van der Waals surface area contributed by atoms with E-state index in [9.17, 15) is 0 Å². The fourth-order valence-corrected chi connectivity index (χ4v) is 7.02. The smallest absolute Gasteiger partial charge is 0.0546 e. The van der Waals surface area contributed by atoms with Crippen molar-refractivity contribution in [1.29, 1.82) is 0 Å². The standard InChI is InChI=1S/C43H33N/c1-43(2)38-20-12-17-33-24-28-40(42(41(33)38)37-27-23-34(29-39(37)43)31-15-8-4-9-16-31)44(35-18-10-5-11-19-35)36-25-21-32(22-26-36)30-13-6-3-7-14-30/h3-29H,1-2H3. The van der Waals surface area contributed by atoms with Crippen LogP contribution in [0, 0.1) is 0 Å². The van der Waals surface area contributed by atoms with E-state index in [0.29, 0.717) is 0 Å². The molecule has 8 rings (SSSR count). The summed E-state index contributed by atoms with van der Waals surface area (Å²) in [6, 6.07) is 59.5. The van der Waals surface area contributed by atoms with E-state index in [4.69, 9.17) is 0 Å². The Bertz CT molecular complexity index is 2110. The molecule has 1 nitrogen and oxygen atoms in total. The van der Waals surface area contributed by atoms with Gasteiger partial charge in [0.2, 0.25) is 0 Å². The van der Waals surface area contributed by atoms with Gasteiger partial charge >= 0.3 is 0 Å². The number of hydrogen-bond acceptors (Lipinski definition) is 1. The van der Waals surface area contributed by atoms with Crippen LogP contribution in [-0.2, 0) is 5.41 Å². The van der Waals surface area contributed by atoms with Crippen molar-refractivity contribution < 1.29 is 0 Å². The minimum Gasteiger partial charge on any atom is -0.310 e. The predicted octanol–water partition coefficient (Wildman–Crippen LogP) is 11.9. The molecule has 0 unspecified atom stereocenters. The summed E-state index contributed by atoms with van der Waals surface area (Å²) in [4.78, 5) is 2.42. The molecule has 0 heterocycles. The van der Waals surface area contributed by atoms with E-state index in [0.717, 1.165) is 11.4 Å². The fourth-order valence-electron chi connectivity index (χ4n) is 7.02. The number of anilines is 3. The van der Waals surface area contributed by atoms with Gasteiger partial charge in [0.05, 0.1) is 5.69 Å². The Labute approximate surface area is 259 Å². The summed E-state index contributed by atoms with van der Waals surface area (Å²) >= 11 is 0. The van der Waals surface area contributed by atoms with Crippen LogP contribution in [-0.4, -0.2) is 0 Å². The Morgan fingerprint density at radius 2 is 1.00 bits per heavy atom. The minimum atomic E-state index is -0.153. The molecule has 7 aromatic rings. The van der Waals surface area contributed by atoms with Crippen LogP contribution in [0.2, 0.25) is 0 Å². The molecular weight excluding hydrogens is 530 g/mol. The lowest BCUT2D eigenvalue weighted by Gasteiger charge is -2.38. The topological polar surface area (TPSA) is 3.24 Å². The molecule has 0 atom stereocenters. The predicted molar refractivity (Wildman–Crippen MR) is 187 cm³/mol. The first-order valence-electron chi connectivity index (χ1n) is 15.4. The summed E-state index contributed by atoms with van der Waals surface area (Å²) in [7, 11) is 0. The van der Waals surface area contributed by atoms with Gasteiger partial charge in [-0.05, 0) is 86.1 Å². The maximum absolute atomic E-state index is 2.42. The average Bonchev–Trinajstić information content (AvgIpc) is 3.09. The highest BCUT2D eigenvalue weighted by Crippen LogP contribution is 2.54. The van der Waals surface area contributed by atoms with Crippen LogP contribution in [0.3, 0.4) is 0 Å². The van der Waals surface area contributed by atoms with E-state index < -0.39 is 0 Å². The van der Waals surface area contributed by atoms with Gasteiger partial charge in [0.25, 0.3) is 0 Å². The van der Waals surface area contributed by atoms with Gasteiger partial charge in [-0.15, -0.1) is 0 Å². The summed E-state index contributed by atoms with van der Waals surface area (Å²) in [6.45, 7) is 4.75. The van der Waals surface area contributed by atoms with Crippen LogP contribution in [0.25, 0.3) is 44.2 Å². The second kappa shape index (κ2) is 10.4. The summed E-state index contributed by atoms with van der Waals surface area (Å²) in [5, 5.41) is 2.62. The van der Waals surface area contributed by atoms with Crippen molar-refractivity contribution in [2.45, 2.75) is 19.3 Å². The molecule has 1 heteroatoms. The van der Waals surface area contributed by atoms with Crippen molar-refractivity contribution in [3.05, 3.63) is 175 Å². The van der Waals surface area contributed by atoms with Crippen molar-refractivity contribution in [1.82, 2.24) is 0 Å². The fraction of sp³-hybridized carbons (Fsp3) is 0.0698. The van der Waals surface area contributed by atoms with E-state index in [1.54, 1.807) is 0 Å². The van der Waals surface area contributed by atoms with Crippen molar-refractivity contribution in [3.8, 4) is 33.4 Å². The van der Waals surface area contributed by atoms with E-state index in [-0.39, 0.29) is 5.41 Å². The van der Waals surface area contributed by atoms with Gasteiger partial charge in [0, 0.05) is 22.4 Å². The molecule has 210 valence electrons. The monoisotopic (exact) mass is 563 g/mol. The maximum Gasteiger partial charge on any atom is 0.0546 e. The lowest BCUT2D eigenvalue weighted by molar-refractivity contribution is 0.645. The van der Waals surface area contributed by atoms with Crippen LogP contribution < -0.4 is 4.90 Å². The maximum atomic E-state index is 2.42. The quantitative estimate of drug-likeness (QED) is 0.201. The first-order valence-corrected chi connectivity index (χ1v) is 15.4. The summed E-state index contributed by atoms with van der Waals surface area (Å²) < 4.78 is 0. The van der Waals surface area contributed by atoms with Crippen LogP contribution >= 0.6 is 0 Å². The van der Waals surface area contributed by atoms with Gasteiger partial charge in [-0.3, -0.25) is 0 Å². The molecule has 0 saturated heterocycles. The molecule has 0 aliphatic heterocycles. The van der Waals surface area contributed by atoms with Gasteiger partial charge in [0.1, 0.15) is 0 Å². The zero-order valence-corrected chi connectivity index (χ0v) is 25.0. The zero-order valence-electron chi connectivity index (χ0n) is 25.0. The molecule has 1 aliphatic carbocycles. The number of rotatable bonds is 5. The molecule has 0 fully saturated rings. The van der Waals surface area contributed by atoms with Crippen molar-refractivity contribution in [2.24, 2.45) is 0 Å². The van der Waals surface area contributed by atoms with E-state index >= 15 is 0 Å². The molecule has 1 aliphatic rings. The third-order valence-corrected chi connectivity index (χ3v) is 9.25. The van der Waals surface area contributed by atoms with E-state index in [2.05, 4.69) is 183 Å². The molecule has 0 aromatic heterocycles. The Morgan fingerprint density at radius 1 is 0.432 bits per heavy atom. The zero-order chi connectivity index (χ0) is 29.7. The molecule has 0 radical (unpaired) electrons. The molecule has 0 N–H and O–H groups in total. The highest BCUT2D eigenvalue weighted by Gasteiger charge is 2.35. The molecule has 7 aromatic carbocycles. The van der Waals surface area contributed by atoms with Crippen molar-refractivity contribution in [3.63, 3.8) is 0 Å². The lowest BCUT2D eigenvalue weighted by atomic mass is 9.67. The van der Waals surface area contributed by atoms with Gasteiger partial charge in [0.15, 0.2) is 0 Å². The number of para-hydroxylation sites is 1. The second-order valence-electron chi connectivity index (χ2n) is 12.2. The largest absolute Gasteiger partial charge is 0.310 e. The van der Waals surface area contributed by atoms with Crippen molar-refractivity contribution in [2.75, 3.05) is 4.90 Å². The molecular formula is C43H33N. The Balaban J connectivity index is 1.38. The first-order chi connectivity index (χ1) is 21.6. The van der Waals surface area contributed by atoms with Crippen LogP contribution in [0.5, 0.6) is 0 Å². The second-order valence-corrected chi connectivity index (χ2v) is 12.2. The first kappa shape index (κ1) is 26.2. The Hall–Kier alpha value is -5.40. The van der Waals surface area contributed by atoms with Crippen LogP contribution in [0.15, 0.2) is 164 Å². The minimum absolute atomic E-state index is 0.153. The average molecular weight is 564 g/mol. The molecule has 0 bridgehead atoms. The van der Waals surface area contributed by atoms with E-state index in [1.807, 2.05) is 0 Å². The van der Waals surface area contributed by atoms with Gasteiger partial charge in [-0.1, -0.05) is 141 Å². The third-order valence-electron chi connectivity index (χ3n) is 9.25. The summed E-state index contributed by atoms with van der Waals surface area (Å²) in [5.41, 5.74) is 13.6. The van der Waals surface area contributed by atoms with Gasteiger partial charge in [-0.2, -0.15) is 0 Å². The Kier molecular flexibility index (Phi) is 6.20. The molecule has 0 spiro atoms. The highest BCUT2D eigenvalue weighted by atomic mass is 15.1. The molecule has 0 saturated carbocycles. The summed E-state index contributed by atoms with van der Waals surface area (Å²) in [5.74, 6) is 0. The Morgan fingerprint density at radius 3 is 1.68 bits per heavy atom. The number of benzene rings is 7. The number of nitrogens with zero attached hydrogens (tertiary/aromatic N) is 1. The normalized spacial score (nSPS) is 13.0. The van der Waals surface area contributed by atoms with Crippen LogP contribution in [0.4, 0.5) is 17.1 Å². The molecule has 44 heavy (non-hydrogen) atoms. The van der Waals surface area contributed by atoms with E-state index in [1.165, 1.54) is 61.0 Å². The van der Waals surface area contributed by atoms with Crippen molar-refractivity contribution >= 4 is 27.8 Å². The summed E-state index contributed by atoms with van der Waals surface area (Å²) in [6.07, 6.45) is 0. The number of hydrogen-bond donors (Lipinski definition) is 0. The highest BCUT2D eigenvalue weighted by molar-refractivity contribution is 6.10. The lowest BCUT2D eigenvalue weighted by Crippen LogP contribution is -2.24. The third kappa shape index (κ3) is 4.24. The van der Waals surface area contributed by atoms with Gasteiger partial charge < -0.3 is 4.90 Å². The van der Waals surface area contributed by atoms with Crippen LogP contribution in [0.1, 0.15) is 25.0 Å². The number of fused-ring (bicyclic) bond motifs is 2. The SMILES string of the molecule is CC1(C)c2cc(-c3ccccc3)ccc2-c2c(N(c3ccccc3)c3ccc(-c4ccccc4)cc3)ccc3cccc1c23.